The minimum Gasteiger partial charge on any atom is -0.330 e. The van der Waals surface area contributed by atoms with E-state index in [1.807, 2.05) is 25.1 Å². The summed E-state index contributed by atoms with van der Waals surface area (Å²) < 4.78 is 28.0. The molecule has 1 aromatic heterocycles. The van der Waals surface area contributed by atoms with Gasteiger partial charge in [0, 0.05) is 19.8 Å². The van der Waals surface area contributed by atoms with Gasteiger partial charge in [0.2, 0.25) is 0 Å². The minimum atomic E-state index is -3.59. The standard InChI is InChI=1S/C14H20N4O2S/c1-12-5-3-6-13(9-12)17(2)21(19,20)14-10-16-18(11-14)8-4-7-15/h3,5-6,9-11H,4,7-8,15H2,1-2H3. The molecule has 0 aliphatic heterocycles. The molecular weight excluding hydrogens is 288 g/mol. The Labute approximate surface area is 125 Å². The fourth-order valence-electron chi connectivity index (χ4n) is 1.97. The van der Waals surface area contributed by atoms with Crippen LogP contribution in [0.5, 0.6) is 0 Å². The maximum absolute atomic E-state index is 12.6. The summed E-state index contributed by atoms with van der Waals surface area (Å²) >= 11 is 0. The lowest BCUT2D eigenvalue weighted by molar-refractivity contribution is 0.581. The van der Waals surface area contributed by atoms with Crippen LogP contribution >= 0.6 is 0 Å². The van der Waals surface area contributed by atoms with Crippen LogP contribution in [0, 0.1) is 6.92 Å². The average molecular weight is 308 g/mol. The van der Waals surface area contributed by atoms with E-state index in [1.165, 1.54) is 16.7 Å². The SMILES string of the molecule is Cc1cccc(N(C)S(=O)(=O)c2cnn(CCCN)c2)c1. The van der Waals surface area contributed by atoms with Crippen molar-refractivity contribution in [1.29, 1.82) is 0 Å². The van der Waals surface area contributed by atoms with Crippen molar-refractivity contribution in [3.63, 3.8) is 0 Å². The molecule has 0 spiro atoms. The Balaban J connectivity index is 2.26. The molecule has 0 amide bonds. The van der Waals surface area contributed by atoms with Crippen molar-refractivity contribution in [2.75, 3.05) is 17.9 Å². The first kappa shape index (κ1) is 15.5. The summed E-state index contributed by atoms with van der Waals surface area (Å²) in [6.07, 6.45) is 3.67. The summed E-state index contributed by atoms with van der Waals surface area (Å²) in [6, 6.07) is 7.36. The van der Waals surface area contributed by atoms with Crippen LogP contribution in [0.15, 0.2) is 41.6 Å². The summed E-state index contributed by atoms with van der Waals surface area (Å²) in [5, 5.41) is 4.07. The summed E-state index contributed by atoms with van der Waals surface area (Å²) in [7, 11) is -2.05. The van der Waals surface area contributed by atoms with Gasteiger partial charge < -0.3 is 5.73 Å². The van der Waals surface area contributed by atoms with E-state index in [9.17, 15) is 8.42 Å². The fraction of sp³-hybridized carbons (Fsp3) is 0.357. The average Bonchev–Trinajstić information content (AvgIpc) is 2.93. The Morgan fingerprint density at radius 1 is 1.38 bits per heavy atom. The lowest BCUT2D eigenvalue weighted by Gasteiger charge is -2.18. The number of aryl methyl sites for hydroxylation is 2. The zero-order valence-corrected chi connectivity index (χ0v) is 13.0. The largest absolute Gasteiger partial charge is 0.330 e. The highest BCUT2D eigenvalue weighted by molar-refractivity contribution is 7.92. The molecule has 0 radical (unpaired) electrons. The lowest BCUT2D eigenvalue weighted by atomic mass is 10.2. The van der Waals surface area contributed by atoms with E-state index < -0.39 is 10.0 Å². The summed E-state index contributed by atoms with van der Waals surface area (Å²) in [4.78, 5) is 0.184. The Hall–Kier alpha value is -1.86. The normalized spacial score (nSPS) is 11.6. The van der Waals surface area contributed by atoms with Gasteiger partial charge in [-0.05, 0) is 37.6 Å². The van der Waals surface area contributed by atoms with Gasteiger partial charge in [0.25, 0.3) is 10.0 Å². The second-order valence-corrected chi connectivity index (χ2v) is 6.86. The molecule has 0 aliphatic carbocycles. The van der Waals surface area contributed by atoms with E-state index in [4.69, 9.17) is 5.73 Å². The molecule has 2 aromatic rings. The van der Waals surface area contributed by atoms with Crippen molar-refractivity contribution < 1.29 is 8.42 Å². The molecule has 0 bridgehead atoms. The molecule has 6 nitrogen and oxygen atoms in total. The van der Waals surface area contributed by atoms with E-state index in [-0.39, 0.29) is 4.90 Å². The number of nitrogens with zero attached hydrogens (tertiary/aromatic N) is 3. The van der Waals surface area contributed by atoms with Crippen molar-refractivity contribution in [3.05, 3.63) is 42.2 Å². The number of sulfonamides is 1. The molecule has 0 saturated carbocycles. The third-order valence-electron chi connectivity index (χ3n) is 3.22. The van der Waals surface area contributed by atoms with Gasteiger partial charge >= 0.3 is 0 Å². The van der Waals surface area contributed by atoms with Gasteiger partial charge in [-0.25, -0.2) is 8.42 Å². The predicted octanol–water partition coefficient (Wildman–Crippen LogP) is 1.37. The third-order valence-corrected chi connectivity index (χ3v) is 4.96. The van der Waals surface area contributed by atoms with Crippen LogP contribution < -0.4 is 10.0 Å². The molecule has 1 heterocycles. The van der Waals surface area contributed by atoms with Crippen LogP contribution in [0.3, 0.4) is 0 Å². The molecule has 0 unspecified atom stereocenters. The quantitative estimate of drug-likeness (QED) is 0.874. The molecular formula is C14H20N4O2S. The van der Waals surface area contributed by atoms with Gasteiger partial charge in [-0.2, -0.15) is 5.10 Å². The summed E-state index contributed by atoms with van der Waals surface area (Å²) in [5.41, 5.74) is 7.08. The van der Waals surface area contributed by atoms with E-state index in [2.05, 4.69) is 5.10 Å². The summed E-state index contributed by atoms with van der Waals surface area (Å²) in [6.45, 7) is 3.08. The van der Waals surface area contributed by atoms with Gasteiger partial charge in [-0.3, -0.25) is 8.99 Å². The Kier molecular flexibility index (Phi) is 4.64. The molecule has 2 rings (SSSR count). The number of anilines is 1. The predicted molar refractivity (Wildman–Crippen MR) is 82.7 cm³/mol. The monoisotopic (exact) mass is 308 g/mol. The molecule has 7 heteroatoms. The van der Waals surface area contributed by atoms with Crippen molar-refractivity contribution in [3.8, 4) is 0 Å². The first-order chi connectivity index (χ1) is 9.95. The van der Waals surface area contributed by atoms with Crippen molar-refractivity contribution in [1.82, 2.24) is 9.78 Å². The maximum Gasteiger partial charge on any atom is 0.267 e. The first-order valence-electron chi connectivity index (χ1n) is 6.73. The smallest absolute Gasteiger partial charge is 0.267 e. The highest BCUT2D eigenvalue weighted by Gasteiger charge is 2.23. The topological polar surface area (TPSA) is 81.2 Å². The molecule has 0 aliphatic rings. The highest BCUT2D eigenvalue weighted by atomic mass is 32.2. The molecule has 0 saturated heterocycles. The number of aromatic nitrogens is 2. The molecule has 21 heavy (non-hydrogen) atoms. The number of nitrogens with two attached hydrogens (primary N) is 1. The molecule has 1 aromatic carbocycles. The molecule has 114 valence electrons. The van der Waals surface area contributed by atoms with Gasteiger partial charge in [-0.15, -0.1) is 0 Å². The van der Waals surface area contributed by atoms with Crippen molar-refractivity contribution in [2.24, 2.45) is 5.73 Å². The van der Waals surface area contributed by atoms with Crippen LogP contribution in [0.4, 0.5) is 5.69 Å². The number of hydrogen-bond acceptors (Lipinski definition) is 4. The number of rotatable bonds is 6. The minimum absolute atomic E-state index is 0.184. The van der Waals surface area contributed by atoms with E-state index in [0.717, 1.165) is 12.0 Å². The fourth-order valence-corrected chi connectivity index (χ4v) is 3.12. The van der Waals surface area contributed by atoms with Gasteiger partial charge in [0.05, 0.1) is 11.9 Å². The molecule has 0 fully saturated rings. The highest BCUT2D eigenvalue weighted by Crippen LogP contribution is 2.22. The van der Waals surface area contributed by atoms with Crippen LogP contribution in [-0.2, 0) is 16.6 Å². The van der Waals surface area contributed by atoms with Gasteiger partial charge in [-0.1, -0.05) is 12.1 Å². The van der Waals surface area contributed by atoms with E-state index >= 15 is 0 Å². The van der Waals surface area contributed by atoms with E-state index in [0.29, 0.717) is 18.8 Å². The Morgan fingerprint density at radius 2 is 2.14 bits per heavy atom. The second kappa shape index (κ2) is 6.28. The second-order valence-electron chi connectivity index (χ2n) is 4.89. The lowest BCUT2D eigenvalue weighted by Crippen LogP contribution is -2.26. The van der Waals surface area contributed by atoms with Crippen LogP contribution in [0.25, 0.3) is 0 Å². The van der Waals surface area contributed by atoms with Crippen LogP contribution in [0.1, 0.15) is 12.0 Å². The zero-order chi connectivity index (χ0) is 15.5. The van der Waals surface area contributed by atoms with Crippen molar-refractivity contribution >= 4 is 15.7 Å². The number of hydrogen-bond donors (Lipinski definition) is 1. The Morgan fingerprint density at radius 3 is 2.81 bits per heavy atom. The van der Waals surface area contributed by atoms with Crippen LogP contribution in [-0.4, -0.2) is 31.8 Å². The van der Waals surface area contributed by atoms with Gasteiger partial charge in [0.15, 0.2) is 0 Å². The third kappa shape index (κ3) is 3.43. The first-order valence-corrected chi connectivity index (χ1v) is 8.17. The molecule has 0 atom stereocenters. The van der Waals surface area contributed by atoms with Crippen LogP contribution in [0.2, 0.25) is 0 Å². The number of benzene rings is 1. The maximum atomic E-state index is 12.6. The zero-order valence-electron chi connectivity index (χ0n) is 12.2. The van der Waals surface area contributed by atoms with E-state index in [1.54, 1.807) is 17.8 Å². The summed E-state index contributed by atoms with van der Waals surface area (Å²) in [5.74, 6) is 0. The van der Waals surface area contributed by atoms with Gasteiger partial charge in [0.1, 0.15) is 4.90 Å². The Bertz CT molecular complexity index is 709. The van der Waals surface area contributed by atoms with Crippen molar-refractivity contribution in [2.45, 2.75) is 24.8 Å². The molecule has 2 N–H and O–H groups in total.